The lowest BCUT2D eigenvalue weighted by Crippen LogP contribution is -1.94. The van der Waals surface area contributed by atoms with Gasteiger partial charge in [0.25, 0.3) is 0 Å². The number of hydrogen-bond acceptors (Lipinski definition) is 0. The summed E-state index contributed by atoms with van der Waals surface area (Å²) in [5, 5.41) is 0.804. The summed E-state index contributed by atoms with van der Waals surface area (Å²) in [6, 6.07) is 0. The molecule has 0 aromatic rings. The van der Waals surface area contributed by atoms with E-state index in [4.69, 9.17) is 23.2 Å². The summed E-state index contributed by atoms with van der Waals surface area (Å²) in [5.74, 6) is 0. The number of hydrogen-bond donors (Lipinski definition) is 0. The molecule has 0 amide bonds. The fraction of sp³-hybridized carbons (Fsp3) is 1.00. The second-order valence-corrected chi connectivity index (χ2v) is 6.49. The maximum absolute atomic E-state index is 5.90. The van der Waals surface area contributed by atoms with E-state index in [1.807, 2.05) is 0 Å². The summed E-state index contributed by atoms with van der Waals surface area (Å²) in [6.07, 6.45) is 12.8. The van der Waals surface area contributed by atoms with E-state index in [9.17, 15) is 0 Å². The number of halogens is 2. The Bertz CT molecular complexity index is 135. The van der Waals surface area contributed by atoms with Gasteiger partial charge in [0.05, 0.1) is 0 Å². The third-order valence-corrected chi connectivity index (χ3v) is 3.76. The summed E-state index contributed by atoms with van der Waals surface area (Å²) < 4.78 is 0. The van der Waals surface area contributed by atoms with Gasteiger partial charge in [-0.05, 0) is 26.2 Å². The Hall–Kier alpha value is 0.580. The first-order valence-corrected chi connectivity index (χ1v) is 8.73. The molecule has 2 unspecified atom stereocenters. The minimum atomic E-state index is 0.377. The first-order valence-electron chi connectivity index (χ1n) is 7.86. The van der Waals surface area contributed by atoms with Crippen molar-refractivity contribution in [3.63, 3.8) is 0 Å². The standard InChI is InChI=1S/2C8H17Cl/c1-3-4-5-6-7-8(2)9;1-3-5-6-7-8(9)4-2/h2*8H,3-7H2,1-2H3. The molecule has 0 N–H and O–H groups in total. The molecule has 112 valence electrons. The highest BCUT2D eigenvalue weighted by molar-refractivity contribution is 6.20. The number of rotatable bonds is 10. The Balaban J connectivity index is 0. The lowest BCUT2D eigenvalue weighted by Gasteiger charge is -2.03. The Morgan fingerprint density at radius 2 is 1.22 bits per heavy atom. The normalized spacial score (nSPS) is 13.7. The summed E-state index contributed by atoms with van der Waals surface area (Å²) >= 11 is 11.7. The van der Waals surface area contributed by atoms with Crippen molar-refractivity contribution in [2.24, 2.45) is 0 Å². The van der Waals surface area contributed by atoms with Gasteiger partial charge < -0.3 is 0 Å². The van der Waals surface area contributed by atoms with Gasteiger partial charge in [0.2, 0.25) is 0 Å². The molecule has 0 aliphatic rings. The van der Waals surface area contributed by atoms with Gasteiger partial charge in [-0.1, -0.05) is 65.7 Å². The molecule has 0 aliphatic heterocycles. The van der Waals surface area contributed by atoms with Crippen molar-refractivity contribution in [3.8, 4) is 0 Å². The van der Waals surface area contributed by atoms with Crippen molar-refractivity contribution in [1.82, 2.24) is 0 Å². The van der Waals surface area contributed by atoms with E-state index < -0.39 is 0 Å². The lowest BCUT2D eigenvalue weighted by molar-refractivity contribution is 0.628. The molecule has 0 aliphatic carbocycles. The van der Waals surface area contributed by atoms with Crippen molar-refractivity contribution in [3.05, 3.63) is 0 Å². The molecule has 0 nitrogen and oxygen atoms in total. The van der Waals surface area contributed by atoms with E-state index >= 15 is 0 Å². The number of alkyl halides is 2. The Labute approximate surface area is 126 Å². The van der Waals surface area contributed by atoms with Crippen LogP contribution in [0, 0.1) is 0 Å². The first-order chi connectivity index (χ1) is 8.58. The molecule has 0 saturated carbocycles. The highest BCUT2D eigenvalue weighted by atomic mass is 35.5. The van der Waals surface area contributed by atoms with E-state index in [0.29, 0.717) is 10.8 Å². The van der Waals surface area contributed by atoms with Crippen LogP contribution in [0.3, 0.4) is 0 Å². The predicted molar refractivity (Wildman–Crippen MR) is 88.1 cm³/mol. The van der Waals surface area contributed by atoms with Crippen LogP contribution >= 0.6 is 23.2 Å². The second-order valence-electron chi connectivity index (χ2n) is 5.13. The lowest BCUT2D eigenvalue weighted by atomic mass is 10.1. The van der Waals surface area contributed by atoms with Crippen molar-refractivity contribution >= 4 is 23.2 Å². The second kappa shape index (κ2) is 17.6. The quantitative estimate of drug-likeness (QED) is 0.296. The van der Waals surface area contributed by atoms with E-state index in [2.05, 4.69) is 27.7 Å². The monoisotopic (exact) mass is 296 g/mol. The van der Waals surface area contributed by atoms with Crippen LogP contribution < -0.4 is 0 Å². The molecule has 18 heavy (non-hydrogen) atoms. The van der Waals surface area contributed by atoms with Crippen LogP contribution in [0.2, 0.25) is 0 Å². The van der Waals surface area contributed by atoms with E-state index in [0.717, 1.165) is 6.42 Å². The predicted octanol–water partition coefficient (Wildman–Crippen LogP) is 7.17. The maximum Gasteiger partial charge on any atom is 0.0333 e. The van der Waals surface area contributed by atoms with Crippen molar-refractivity contribution in [1.29, 1.82) is 0 Å². The molecule has 0 rings (SSSR count). The Morgan fingerprint density at radius 3 is 1.67 bits per heavy atom. The Morgan fingerprint density at radius 1 is 0.722 bits per heavy atom. The summed E-state index contributed by atoms with van der Waals surface area (Å²) in [6.45, 7) is 8.65. The molecule has 0 saturated heterocycles. The minimum Gasteiger partial charge on any atom is -0.123 e. The van der Waals surface area contributed by atoms with Crippen molar-refractivity contribution in [2.75, 3.05) is 0 Å². The molecule has 2 heteroatoms. The third kappa shape index (κ3) is 21.8. The van der Waals surface area contributed by atoms with Gasteiger partial charge in [0.15, 0.2) is 0 Å². The topological polar surface area (TPSA) is 0 Å². The van der Waals surface area contributed by atoms with Gasteiger partial charge in [-0.3, -0.25) is 0 Å². The molecule has 0 heterocycles. The molecular formula is C16H34Cl2. The van der Waals surface area contributed by atoms with Gasteiger partial charge in [-0.15, -0.1) is 23.2 Å². The molecule has 2 atom stereocenters. The minimum absolute atomic E-state index is 0.377. The van der Waals surface area contributed by atoms with Crippen LogP contribution in [0.5, 0.6) is 0 Å². The average Bonchev–Trinajstić information content (AvgIpc) is 2.35. The first kappa shape index (κ1) is 20.9. The van der Waals surface area contributed by atoms with Crippen LogP contribution in [0.1, 0.15) is 91.9 Å². The summed E-state index contributed by atoms with van der Waals surface area (Å²) in [7, 11) is 0. The highest BCUT2D eigenvalue weighted by Gasteiger charge is 1.98. The molecular weight excluding hydrogens is 263 g/mol. The Kier molecular flexibility index (Phi) is 20.4. The fourth-order valence-electron chi connectivity index (χ4n) is 1.67. The molecule has 0 aromatic carbocycles. The molecule has 0 fully saturated rings. The van der Waals surface area contributed by atoms with E-state index in [1.54, 1.807) is 0 Å². The zero-order valence-electron chi connectivity index (χ0n) is 13.0. The molecule has 0 bridgehead atoms. The van der Waals surface area contributed by atoms with Gasteiger partial charge in [0, 0.05) is 10.8 Å². The largest absolute Gasteiger partial charge is 0.123 e. The zero-order valence-corrected chi connectivity index (χ0v) is 14.5. The van der Waals surface area contributed by atoms with Crippen LogP contribution in [0.15, 0.2) is 0 Å². The molecule has 0 aromatic heterocycles. The fourth-order valence-corrected chi connectivity index (χ4v) is 1.98. The van der Waals surface area contributed by atoms with E-state index in [1.165, 1.54) is 57.8 Å². The van der Waals surface area contributed by atoms with E-state index in [-0.39, 0.29) is 0 Å². The van der Waals surface area contributed by atoms with Gasteiger partial charge >= 0.3 is 0 Å². The summed E-state index contributed by atoms with van der Waals surface area (Å²) in [4.78, 5) is 0. The number of unbranched alkanes of at least 4 members (excludes halogenated alkanes) is 5. The van der Waals surface area contributed by atoms with Crippen molar-refractivity contribution in [2.45, 2.75) is 103 Å². The van der Waals surface area contributed by atoms with Crippen LogP contribution in [0.25, 0.3) is 0 Å². The van der Waals surface area contributed by atoms with Crippen molar-refractivity contribution < 1.29 is 0 Å². The zero-order chi connectivity index (χ0) is 14.2. The van der Waals surface area contributed by atoms with Gasteiger partial charge in [-0.25, -0.2) is 0 Å². The SMILES string of the molecule is CCCCCC(Cl)CC.CCCCCCC(C)Cl. The molecule has 0 spiro atoms. The van der Waals surface area contributed by atoms with Gasteiger partial charge in [-0.2, -0.15) is 0 Å². The van der Waals surface area contributed by atoms with Gasteiger partial charge in [0.1, 0.15) is 0 Å². The highest BCUT2D eigenvalue weighted by Crippen LogP contribution is 2.11. The van der Waals surface area contributed by atoms with Crippen LogP contribution in [0.4, 0.5) is 0 Å². The maximum atomic E-state index is 5.90. The summed E-state index contributed by atoms with van der Waals surface area (Å²) in [5.41, 5.74) is 0. The average molecular weight is 297 g/mol. The third-order valence-electron chi connectivity index (χ3n) is 3.02. The van der Waals surface area contributed by atoms with Crippen LogP contribution in [-0.2, 0) is 0 Å². The molecule has 0 radical (unpaired) electrons. The smallest absolute Gasteiger partial charge is 0.0333 e. The van der Waals surface area contributed by atoms with Crippen LogP contribution in [-0.4, -0.2) is 10.8 Å².